The van der Waals surface area contributed by atoms with Crippen molar-refractivity contribution in [3.05, 3.63) is 72.9 Å². The molecule has 0 saturated carbocycles. The van der Waals surface area contributed by atoms with Gasteiger partial charge in [-0.1, -0.05) is 86.8 Å². The Balaban J connectivity index is 4.08. The van der Waals surface area contributed by atoms with Crippen molar-refractivity contribution in [2.45, 2.75) is 110 Å². The van der Waals surface area contributed by atoms with Gasteiger partial charge in [0, 0.05) is 25.8 Å². The fourth-order valence-corrected chi connectivity index (χ4v) is 3.72. The normalized spacial score (nSPS) is 13.5. The van der Waals surface area contributed by atoms with Crippen LogP contribution in [-0.2, 0) is 14.3 Å². The number of carbonyl (C=O) groups excluding carboxylic acids is 2. The van der Waals surface area contributed by atoms with Crippen LogP contribution in [0.3, 0.4) is 0 Å². The number of esters is 1. The first-order chi connectivity index (χ1) is 18.5. The van der Waals surface area contributed by atoms with E-state index in [-0.39, 0.29) is 17.9 Å². The standard InChI is InChI=1S/C34H55NO3/c1-5-7-9-11-13-15-17-19-21-23-25-27-32(36)29-30-33(31-35(3)4)38-34(37)28-26-24-22-20-18-16-14-12-10-8-6-2/h7-10,13-16,19-22,33H,5-6,11-12,17-18,23-31H2,1-4H3/b9-7-,10-8-,15-13-,16-14-,21-19-,22-20-. The number of likely N-dealkylation sites (N-methyl/N-ethyl adjacent to an activating group) is 1. The van der Waals surface area contributed by atoms with Crippen LogP contribution in [0.5, 0.6) is 0 Å². The molecule has 0 N–H and O–H groups in total. The highest BCUT2D eigenvalue weighted by atomic mass is 16.5. The molecule has 0 rings (SSSR count). The average Bonchev–Trinajstić information content (AvgIpc) is 2.88. The lowest BCUT2D eigenvalue weighted by Crippen LogP contribution is -2.31. The summed E-state index contributed by atoms with van der Waals surface area (Å²) in [6.07, 6.45) is 37.3. The fraction of sp³-hybridized carbons (Fsp3) is 0.588. The van der Waals surface area contributed by atoms with Crippen LogP contribution in [0.15, 0.2) is 72.9 Å². The Labute approximate surface area is 234 Å². The van der Waals surface area contributed by atoms with Crippen LogP contribution in [0.25, 0.3) is 0 Å². The number of Topliss-reactive ketones (excluding diaryl/α,β-unsaturated/α-hetero) is 1. The predicted molar refractivity (Wildman–Crippen MR) is 164 cm³/mol. The van der Waals surface area contributed by atoms with E-state index in [0.717, 1.165) is 64.2 Å². The maximum absolute atomic E-state index is 12.4. The van der Waals surface area contributed by atoms with E-state index in [9.17, 15) is 9.59 Å². The quantitative estimate of drug-likeness (QED) is 0.0717. The maximum Gasteiger partial charge on any atom is 0.306 e. The van der Waals surface area contributed by atoms with Gasteiger partial charge in [0.2, 0.25) is 0 Å². The minimum Gasteiger partial charge on any atom is -0.461 e. The molecule has 0 aromatic rings. The van der Waals surface area contributed by atoms with Crippen molar-refractivity contribution in [3.63, 3.8) is 0 Å². The number of carbonyl (C=O) groups is 2. The number of allylic oxidation sites excluding steroid dienone is 12. The summed E-state index contributed by atoms with van der Waals surface area (Å²) in [6, 6.07) is 0. The summed E-state index contributed by atoms with van der Waals surface area (Å²) in [7, 11) is 3.93. The van der Waals surface area contributed by atoms with Gasteiger partial charge in [0.1, 0.15) is 11.9 Å². The number of nitrogens with zero attached hydrogens (tertiary/aromatic N) is 1. The zero-order valence-electron chi connectivity index (χ0n) is 24.8. The van der Waals surface area contributed by atoms with Crippen LogP contribution in [0.1, 0.15) is 104 Å². The molecule has 1 unspecified atom stereocenters. The highest BCUT2D eigenvalue weighted by Gasteiger charge is 2.17. The molecule has 0 bridgehead atoms. The van der Waals surface area contributed by atoms with Gasteiger partial charge in [0.05, 0.1) is 0 Å². The van der Waals surface area contributed by atoms with Crippen molar-refractivity contribution < 1.29 is 14.3 Å². The topological polar surface area (TPSA) is 46.6 Å². The van der Waals surface area contributed by atoms with Crippen molar-refractivity contribution in [2.75, 3.05) is 20.6 Å². The first-order valence-electron chi connectivity index (χ1n) is 14.7. The van der Waals surface area contributed by atoms with Gasteiger partial charge in [0.15, 0.2) is 0 Å². The second kappa shape index (κ2) is 27.6. The second-order valence-corrected chi connectivity index (χ2v) is 9.82. The third kappa shape index (κ3) is 26.6. The second-order valence-electron chi connectivity index (χ2n) is 9.82. The molecular formula is C34H55NO3. The molecule has 4 heteroatoms. The Hall–Kier alpha value is -2.46. The molecule has 4 nitrogen and oxygen atoms in total. The number of ketones is 1. The Morgan fingerprint density at radius 2 is 1.08 bits per heavy atom. The molecule has 0 saturated heterocycles. The smallest absolute Gasteiger partial charge is 0.306 e. The lowest BCUT2D eigenvalue weighted by molar-refractivity contribution is -0.150. The molecule has 0 fully saturated rings. The zero-order chi connectivity index (χ0) is 28.1. The van der Waals surface area contributed by atoms with Gasteiger partial charge in [0.25, 0.3) is 0 Å². The summed E-state index contributed by atoms with van der Waals surface area (Å²) >= 11 is 0. The van der Waals surface area contributed by atoms with Gasteiger partial charge in [-0.15, -0.1) is 0 Å². The number of hydrogen-bond donors (Lipinski definition) is 0. The molecule has 0 aliphatic heterocycles. The monoisotopic (exact) mass is 525 g/mol. The van der Waals surface area contributed by atoms with E-state index in [2.05, 4.69) is 86.8 Å². The highest BCUT2D eigenvalue weighted by molar-refractivity contribution is 5.78. The van der Waals surface area contributed by atoms with Gasteiger partial charge in [-0.2, -0.15) is 0 Å². The summed E-state index contributed by atoms with van der Waals surface area (Å²) in [4.78, 5) is 26.7. The molecule has 38 heavy (non-hydrogen) atoms. The molecule has 1 atom stereocenters. The zero-order valence-corrected chi connectivity index (χ0v) is 24.8. The molecule has 0 aromatic heterocycles. The number of ether oxygens (including phenoxy) is 1. The van der Waals surface area contributed by atoms with Crippen molar-refractivity contribution in [1.82, 2.24) is 4.90 Å². The Morgan fingerprint density at radius 1 is 0.632 bits per heavy atom. The van der Waals surface area contributed by atoms with E-state index in [1.54, 1.807) is 0 Å². The van der Waals surface area contributed by atoms with Crippen LogP contribution < -0.4 is 0 Å². The SMILES string of the molecule is CC/C=C\C/C=C\C/C=C\CCCC(=O)CCC(CN(C)C)OC(=O)CCC/C=C\C/C=C\C/C=C\CC. The molecule has 0 aliphatic carbocycles. The first kappa shape index (κ1) is 35.5. The van der Waals surface area contributed by atoms with E-state index in [4.69, 9.17) is 4.74 Å². The molecule has 0 aliphatic rings. The summed E-state index contributed by atoms with van der Waals surface area (Å²) in [5.41, 5.74) is 0. The average molecular weight is 526 g/mol. The summed E-state index contributed by atoms with van der Waals surface area (Å²) < 4.78 is 5.72. The van der Waals surface area contributed by atoms with Crippen LogP contribution in [0.4, 0.5) is 0 Å². The third-order valence-electron chi connectivity index (χ3n) is 5.75. The Kier molecular flexibility index (Phi) is 25.8. The van der Waals surface area contributed by atoms with E-state index in [1.807, 2.05) is 19.0 Å². The summed E-state index contributed by atoms with van der Waals surface area (Å²) in [5, 5.41) is 0. The minimum absolute atomic E-state index is 0.166. The van der Waals surface area contributed by atoms with Gasteiger partial charge in [-0.25, -0.2) is 0 Å². The minimum atomic E-state index is -0.234. The Bertz CT molecular complexity index is 756. The van der Waals surface area contributed by atoms with Crippen LogP contribution >= 0.6 is 0 Å². The van der Waals surface area contributed by atoms with Crippen molar-refractivity contribution in [2.24, 2.45) is 0 Å². The molecule has 0 radical (unpaired) electrons. The van der Waals surface area contributed by atoms with Gasteiger partial charge >= 0.3 is 5.97 Å². The number of rotatable bonds is 24. The molecule has 0 spiro atoms. The van der Waals surface area contributed by atoms with Crippen LogP contribution in [-0.4, -0.2) is 43.4 Å². The third-order valence-corrected chi connectivity index (χ3v) is 5.75. The number of hydrogen-bond acceptors (Lipinski definition) is 4. The van der Waals surface area contributed by atoms with Gasteiger partial charge in [-0.05, 0) is 84.7 Å². The molecule has 214 valence electrons. The fourth-order valence-electron chi connectivity index (χ4n) is 3.72. The Morgan fingerprint density at radius 3 is 1.55 bits per heavy atom. The van der Waals surface area contributed by atoms with E-state index >= 15 is 0 Å². The molecular weight excluding hydrogens is 470 g/mol. The van der Waals surface area contributed by atoms with E-state index in [0.29, 0.717) is 32.2 Å². The van der Waals surface area contributed by atoms with Crippen LogP contribution in [0, 0.1) is 0 Å². The largest absolute Gasteiger partial charge is 0.461 e. The molecule has 0 heterocycles. The van der Waals surface area contributed by atoms with Gasteiger partial charge < -0.3 is 9.64 Å². The molecule has 0 aromatic carbocycles. The maximum atomic E-state index is 12.4. The summed E-state index contributed by atoms with van der Waals surface area (Å²) in [6.45, 7) is 4.92. The summed E-state index contributed by atoms with van der Waals surface area (Å²) in [5.74, 6) is 0.0854. The van der Waals surface area contributed by atoms with Crippen molar-refractivity contribution in [3.8, 4) is 0 Å². The van der Waals surface area contributed by atoms with E-state index < -0.39 is 0 Å². The van der Waals surface area contributed by atoms with Crippen LogP contribution in [0.2, 0.25) is 0 Å². The van der Waals surface area contributed by atoms with Gasteiger partial charge in [-0.3, -0.25) is 9.59 Å². The first-order valence-corrected chi connectivity index (χ1v) is 14.7. The van der Waals surface area contributed by atoms with Crippen molar-refractivity contribution in [1.29, 1.82) is 0 Å². The lowest BCUT2D eigenvalue weighted by atomic mass is 10.1. The number of unbranched alkanes of at least 4 members (excludes halogenated alkanes) is 2. The van der Waals surface area contributed by atoms with Crippen molar-refractivity contribution >= 4 is 11.8 Å². The highest BCUT2D eigenvalue weighted by Crippen LogP contribution is 2.11. The molecule has 0 amide bonds. The van der Waals surface area contributed by atoms with E-state index in [1.165, 1.54) is 0 Å². The lowest BCUT2D eigenvalue weighted by Gasteiger charge is -2.21. The predicted octanol–water partition coefficient (Wildman–Crippen LogP) is 8.87.